The Labute approximate surface area is 79.7 Å². The maximum Gasteiger partial charge on any atom is 0.128 e. The molecule has 62 valence electrons. The highest BCUT2D eigenvalue weighted by Crippen LogP contribution is 2.15. The lowest BCUT2D eigenvalue weighted by Crippen LogP contribution is -1.97. The van der Waals surface area contributed by atoms with E-state index < -0.39 is 0 Å². The van der Waals surface area contributed by atoms with Crippen LogP contribution in [0.3, 0.4) is 0 Å². The molecule has 0 radical (unpaired) electrons. The maximum absolute atomic E-state index is 4.25. The molecule has 1 aromatic rings. The summed E-state index contributed by atoms with van der Waals surface area (Å²) in [7, 11) is 0. The smallest absolute Gasteiger partial charge is 0.128 e. The predicted molar refractivity (Wildman–Crippen MR) is 52.6 cm³/mol. The highest BCUT2D eigenvalue weighted by atomic mass is 79.9. The number of hydrogen-bond donors (Lipinski definition) is 0. The van der Waals surface area contributed by atoms with E-state index in [1.54, 1.807) is 0 Å². The summed E-state index contributed by atoms with van der Waals surface area (Å²) in [4.78, 5) is 0. The zero-order valence-electron chi connectivity index (χ0n) is 6.57. The molecule has 1 heterocycles. The Kier molecular flexibility index (Phi) is 2.13. The molecule has 0 saturated heterocycles. The molecule has 0 saturated carbocycles. The summed E-state index contributed by atoms with van der Waals surface area (Å²) in [6, 6.07) is 1.93. The van der Waals surface area contributed by atoms with Gasteiger partial charge in [0.25, 0.3) is 0 Å². The molecular weight excluding hydrogens is 216 g/mol. The summed E-state index contributed by atoms with van der Waals surface area (Å²) in [6.07, 6.45) is 10.7. The summed E-state index contributed by atoms with van der Waals surface area (Å²) in [5.41, 5.74) is 1.16. The summed E-state index contributed by atoms with van der Waals surface area (Å²) in [5.74, 6) is 0. The molecule has 1 aliphatic rings. The van der Waals surface area contributed by atoms with Gasteiger partial charge in [0.1, 0.15) is 4.60 Å². The SMILES string of the molecule is Brc1ccn(C2=CCCC=C2)n1. The van der Waals surface area contributed by atoms with E-state index >= 15 is 0 Å². The van der Waals surface area contributed by atoms with Crippen molar-refractivity contribution in [3.8, 4) is 0 Å². The molecule has 0 aromatic carbocycles. The van der Waals surface area contributed by atoms with Crippen molar-refractivity contribution in [2.75, 3.05) is 0 Å². The van der Waals surface area contributed by atoms with Gasteiger partial charge in [0.15, 0.2) is 0 Å². The largest absolute Gasteiger partial charge is 0.240 e. The maximum atomic E-state index is 4.25. The van der Waals surface area contributed by atoms with E-state index in [-0.39, 0.29) is 0 Å². The van der Waals surface area contributed by atoms with Crippen LogP contribution in [-0.2, 0) is 0 Å². The van der Waals surface area contributed by atoms with Crippen LogP contribution in [0, 0.1) is 0 Å². The van der Waals surface area contributed by atoms with Crippen molar-refractivity contribution >= 4 is 21.6 Å². The van der Waals surface area contributed by atoms with Gasteiger partial charge in [-0.15, -0.1) is 0 Å². The van der Waals surface area contributed by atoms with Crippen molar-refractivity contribution in [3.63, 3.8) is 0 Å². The fraction of sp³-hybridized carbons (Fsp3) is 0.222. The van der Waals surface area contributed by atoms with E-state index in [4.69, 9.17) is 0 Å². The molecule has 0 bridgehead atoms. The molecule has 0 spiro atoms. The first-order valence-corrected chi connectivity index (χ1v) is 4.74. The van der Waals surface area contributed by atoms with Crippen LogP contribution in [0.1, 0.15) is 12.8 Å². The first kappa shape index (κ1) is 7.80. The third-order valence-electron chi connectivity index (χ3n) is 1.80. The first-order chi connectivity index (χ1) is 5.86. The number of nitrogens with zero attached hydrogens (tertiary/aromatic N) is 2. The topological polar surface area (TPSA) is 17.8 Å². The third-order valence-corrected chi connectivity index (χ3v) is 2.22. The molecule has 2 rings (SSSR count). The van der Waals surface area contributed by atoms with Crippen molar-refractivity contribution in [2.24, 2.45) is 0 Å². The summed E-state index contributed by atoms with van der Waals surface area (Å²) in [6.45, 7) is 0. The second-order valence-electron chi connectivity index (χ2n) is 2.69. The molecule has 0 aliphatic heterocycles. The highest BCUT2D eigenvalue weighted by molar-refractivity contribution is 9.10. The van der Waals surface area contributed by atoms with Gasteiger partial charge in [-0.25, -0.2) is 4.68 Å². The van der Waals surface area contributed by atoms with E-state index in [9.17, 15) is 0 Å². The lowest BCUT2D eigenvalue weighted by atomic mass is 10.1. The summed E-state index contributed by atoms with van der Waals surface area (Å²) < 4.78 is 2.75. The van der Waals surface area contributed by atoms with Crippen molar-refractivity contribution in [1.82, 2.24) is 9.78 Å². The van der Waals surface area contributed by atoms with E-state index in [0.29, 0.717) is 0 Å². The Hall–Kier alpha value is -0.830. The van der Waals surface area contributed by atoms with Gasteiger partial charge in [-0.3, -0.25) is 0 Å². The average Bonchev–Trinajstić information content (AvgIpc) is 2.54. The molecule has 1 aromatic heterocycles. The average molecular weight is 225 g/mol. The lowest BCUT2D eigenvalue weighted by Gasteiger charge is -2.05. The molecule has 0 fully saturated rings. The molecule has 0 amide bonds. The zero-order chi connectivity index (χ0) is 8.39. The van der Waals surface area contributed by atoms with Crippen LogP contribution in [0.25, 0.3) is 5.70 Å². The number of allylic oxidation sites excluding steroid dienone is 4. The Morgan fingerprint density at radius 3 is 2.92 bits per heavy atom. The fourth-order valence-electron chi connectivity index (χ4n) is 1.21. The number of hydrogen-bond acceptors (Lipinski definition) is 1. The lowest BCUT2D eigenvalue weighted by molar-refractivity contribution is 0.879. The Morgan fingerprint density at radius 1 is 1.42 bits per heavy atom. The number of aromatic nitrogens is 2. The Morgan fingerprint density at radius 2 is 2.33 bits per heavy atom. The molecule has 0 atom stereocenters. The Balaban J connectivity index is 2.30. The van der Waals surface area contributed by atoms with Gasteiger partial charge in [-0.1, -0.05) is 12.2 Å². The van der Waals surface area contributed by atoms with Crippen molar-refractivity contribution in [1.29, 1.82) is 0 Å². The van der Waals surface area contributed by atoms with Gasteiger partial charge in [0.2, 0.25) is 0 Å². The summed E-state index contributed by atoms with van der Waals surface area (Å²) in [5, 5.41) is 4.25. The molecule has 3 heteroatoms. The highest BCUT2D eigenvalue weighted by Gasteiger charge is 2.00. The minimum Gasteiger partial charge on any atom is -0.240 e. The van der Waals surface area contributed by atoms with Crippen molar-refractivity contribution in [2.45, 2.75) is 12.8 Å². The van der Waals surface area contributed by atoms with Crippen LogP contribution >= 0.6 is 15.9 Å². The quantitative estimate of drug-likeness (QED) is 0.718. The second-order valence-corrected chi connectivity index (χ2v) is 3.50. The molecule has 12 heavy (non-hydrogen) atoms. The predicted octanol–water partition coefficient (Wildman–Crippen LogP) is 2.84. The molecule has 2 nitrogen and oxygen atoms in total. The van der Waals surface area contributed by atoms with Gasteiger partial charge >= 0.3 is 0 Å². The fourth-order valence-corrected chi connectivity index (χ4v) is 1.50. The van der Waals surface area contributed by atoms with Crippen molar-refractivity contribution in [3.05, 3.63) is 35.1 Å². The van der Waals surface area contributed by atoms with Gasteiger partial charge < -0.3 is 0 Å². The second kappa shape index (κ2) is 3.27. The molecule has 1 aliphatic carbocycles. The minimum atomic E-state index is 0.877. The standard InChI is InChI=1S/C9H9BrN2/c10-9-6-7-12(11-9)8-4-2-1-3-5-8/h2,4-7H,1,3H2. The van der Waals surface area contributed by atoms with Gasteiger partial charge in [0, 0.05) is 6.20 Å². The zero-order valence-corrected chi connectivity index (χ0v) is 8.16. The minimum absolute atomic E-state index is 0.877. The molecular formula is C9H9BrN2. The first-order valence-electron chi connectivity index (χ1n) is 3.94. The van der Waals surface area contributed by atoms with Gasteiger partial charge in [-0.05, 0) is 40.9 Å². The van der Waals surface area contributed by atoms with Crippen LogP contribution in [0.5, 0.6) is 0 Å². The van der Waals surface area contributed by atoms with Crippen LogP contribution in [0.4, 0.5) is 0 Å². The van der Waals surface area contributed by atoms with E-state index in [1.165, 1.54) is 0 Å². The van der Waals surface area contributed by atoms with Crippen LogP contribution in [-0.4, -0.2) is 9.78 Å². The summed E-state index contributed by atoms with van der Waals surface area (Å²) >= 11 is 3.32. The third kappa shape index (κ3) is 1.50. The van der Waals surface area contributed by atoms with E-state index in [0.717, 1.165) is 23.1 Å². The molecule has 0 unspecified atom stereocenters. The number of halogens is 1. The van der Waals surface area contributed by atoms with Crippen molar-refractivity contribution < 1.29 is 0 Å². The Bertz CT molecular complexity index is 336. The van der Waals surface area contributed by atoms with Crippen LogP contribution in [0.15, 0.2) is 35.1 Å². The van der Waals surface area contributed by atoms with E-state index in [2.05, 4.69) is 39.3 Å². The van der Waals surface area contributed by atoms with E-state index in [1.807, 2.05) is 16.9 Å². The number of rotatable bonds is 1. The monoisotopic (exact) mass is 224 g/mol. The molecule has 0 N–H and O–H groups in total. The van der Waals surface area contributed by atoms with Crippen LogP contribution < -0.4 is 0 Å². The van der Waals surface area contributed by atoms with Gasteiger partial charge in [-0.2, -0.15) is 5.10 Å². The normalized spacial score (nSPS) is 16.2. The van der Waals surface area contributed by atoms with Crippen LogP contribution in [0.2, 0.25) is 0 Å². The van der Waals surface area contributed by atoms with Gasteiger partial charge in [0.05, 0.1) is 5.70 Å².